The van der Waals surface area contributed by atoms with Gasteiger partial charge < -0.3 is 9.88 Å². The number of carbonyl (C=O) groups excluding carboxylic acids is 1. The molecule has 0 unspecified atom stereocenters. The number of hydrogen-bond acceptors (Lipinski definition) is 3. The van der Waals surface area contributed by atoms with Gasteiger partial charge >= 0.3 is 0 Å². The van der Waals surface area contributed by atoms with Crippen LogP contribution in [0.2, 0.25) is 0 Å². The third kappa shape index (κ3) is 4.10. The van der Waals surface area contributed by atoms with Gasteiger partial charge in [0.2, 0.25) is 0 Å². The number of hydrogen-bond donors (Lipinski definition) is 2. The second kappa shape index (κ2) is 8.41. The van der Waals surface area contributed by atoms with E-state index in [0.29, 0.717) is 11.5 Å². The van der Waals surface area contributed by atoms with E-state index in [4.69, 9.17) is 4.84 Å². The molecule has 1 aromatic heterocycles. The van der Waals surface area contributed by atoms with Crippen LogP contribution >= 0.6 is 0 Å². The topological polar surface area (TPSA) is 57.4 Å². The van der Waals surface area contributed by atoms with Crippen molar-refractivity contribution in [3.63, 3.8) is 0 Å². The molecule has 0 atom stereocenters. The molecule has 1 heterocycles. The van der Waals surface area contributed by atoms with Crippen molar-refractivity contribution >= 4 is 17.3 Å². The smallest absolute Gasteiger partial charge is 0.274 e. The first-order valence-corrected chi connectivity index (χ1v) is 9.45. The number of rotatable bonds is 6. The molecule has 0 saturated heterocycles. The molecule has 5 heteroatoms. The van der Waals surface area contributed by atoms with Crippen molar-refractivity contribution < 1.29 is 9.63 Å². The van der Waals surface area contributed by atoms with Gasteiger partial charge in [-0.3, -0.25) is 9.63 Å². The molecular formula is C21H29N3O2. The first kappa shape index (κ1) is 18.5. The minimum Gasteiger partial charge on any atom is -0.363 e. The maximum atomic E-state index is 12.2. The molecular weight excluding hydrogens is 326 g/mol. The summed E-state index contributed by atoms with van der Waals surface area (Å²) < 4.78 is 0. The highest BCUT2D eigenvalue weighted by molar-refractivity contribution is 5.95. The van der Waals surface area contributed by atoms with Crippen molar-refractivity contribution in [1.29, 1.82) is 0 Å². The van der Waals surface area contributed by atoms with Crippen molar-refractivity contribution in [3.05, 3.63) is 47.3 Å². The monoisotopic (exact) mass is 355 g/mol. The minimum absolute atomic E-state index is 0.225. The van der Waals surface area contributed by atoms with Crippen molar-refractivity contribution in [1.82, 2.24) is 10.5 Å². The molecule has 0 spiro atoms. The summed E-state index contributed by atoms with van der Waals surface area (Å²) in [5.41, 5.74) is 7.59. The van der Waals surface area contributed by atoms with Crippen LogP contribution < -0.4 is 10.4 Å². The summed E-state index contributed by atoms with van der Waals surface area (Å²) in [5, 5.41) is 0. The number of anilines is 2. The van der Waals surface area contributed by atoms with Crippen LogP contribution in [0, 0.1) is 19.8 Å². The van der Waals surface area contributed by atoms with Crippen LogP contribution in [0.5, 0.6) is 0 Å². The van der Waals surface area contributed by atoms with E-state index in [1.165, 1.54) is 44.9 Å². The highest BCUT2D eigenvalue weighted by atomic mass is 16.6. The lowest BCUT2D eigenvalue weighted by atomic mass is 9.88. The van der Waals surface area contributed by atoms with Crippen LogP contribution in [0.4, 0.5) is 11.4 Å². The highest BCUT2D eigenvalue weighted by Gasteiger charge is 2.22. The molecule has 0 bridgehead atoms. The van der Waals surface area contributed by atoms with Crippen molar-refractivity contribution in [2.45, 2.75) is 46.0 Å². The largest absolute Gasteiger partial charge is 0.363 e. The van der Waals surface area contributed by atoms with E-state index >= 15 is 0 Å². The maximum absolute atomic E-state index is 12.2. The second-order valence-electron chi connectivity index (χ2n) is 7.24. The normalized spacial score (nSPS) is 15.0. The lowest BCUT2D eigenvalue weighted by Gasteiger charge is -2.32. The molecule has 0 aliphatic heterocycles. The summed E-state index contributed by atoms with van der Waals surface area (Å²) in [5.74, 6) is 0.464. The molecule has 1 aliphatic rings. The number of aryl methyl sites for hydroxylation is 2. The predicted molar refractivity (Wildman–Crippen MR) is 105 cm³/mol. The average molecular weight is 355 g/mol. The Kier molecular flexibility index (Phi) is 5.99. The standard InChI is InChI=1S/C21H29N3O2/c1-15-9-10-18(21(25)23-26-3)13-20(15)24(19-11-12-22-16(19)2)14-17-7-5-4-6-8-17/h9-13,17,22H,4-8,14H2,1-3H3,(H,23,25). The molecule has 1 aliphatic carbocycles. The molecule has 3 rings (SSSR count). The van der Waals surface area contributed by atoms with Gasteiger partial charge in [-0.05, 0) is 56.4 Å². The summed E-state index contributed by atoms with van der Waals surface area (Å²) in [4.78, 5) is 22.7. The van der Waals surface area contributed by atoms with Crippen LogP contribution in [0.3, 0.4) is 0 Å². The number of aromatic amines is 1. The zero-order chi connectivity index (χ0) is 18.5. The molecule has 140 valence electrons. The van der Waals surface area contributed by atoms with E-state index in [-0.39, 0.29) is 5.91 Å². The number of aromatic nitrogens is 1. The SMILES string of the molecule is CONC(=O)c1ccc(C)c(N(CC2CCCCC2)c2cc[nH]c2C)c1. The first-order valence-electron chi connectivity index (χ1n) is 9.45. The van der Waals surface area contributed by atoms with E-state index in [1.54, 1.807) is 0 Å². The number of H-pyrrole nitrogens is 1. The Balaban J connectivity index is 1.96. The number of carbonyl (C=O) groups is 1. The van der Waals surface area contributed by atoms with Crippen molar-refractivity contribution in [2.24, 2.45) is 5.92 Å². The van der Waals surface area contributed by atoms with E-state index in [0.717, 1.165) is 23.5 Å². The second-order valence-corrected chi connectivity index (χ2v) is 7.24. The predicted octanol–water partition coefficient (Wildman–Crippen LogP) is 4.64. The van der Waals surface area contributed by atoms with Crippen LogP contribution in [-0.4, -0.2) is 24.5 Å². The molecule has 26 heavy (non-hydrogen) atoms. The van der Waals surface area contributed by atoms with Gasteiger partial charge in [0.25, 0.3) is 5.91 Å². The fourth-order valence-electron chi connectivity index (χ4n) is 3.88. The van der Waals surface area contributed by atoms with Gasteiger partial charge in [0.15, 0.2) is 0 Å². The molecule has 2 N–H and O–H groups in total. The molecule has 1 fully saturated rings. The summed E-state index contributed by atoms with van der Waals surface area (Å²) in [6, 6.07) is 7.95. The fraction of sp³-hybridized carbons (Fsp3) is 0.476. The summed E-state index contributed by atoms with van der Waals surface area (Å²) >= 11 is 0. The van der Waals surface area contributed by atoms with Gasteiger partial charge in [0.05, 0.1) is 12.8 Å². The van der Waals surface area contributed by atoms with Crippen molar-refractivity contribution in [3.8, 4) is 0 Å². The Morgan fingerprint density at radius 3 is 2.62 bits per heavy atom. The molecule has 0 radical (unpaired) electrons. The fourth-order valence-corrected chi connectivity index (χ4v) is 3.88. The van der Waals surface area contributed by atoms with Gasteiger partial charge in [-0.1, -0.05) is 25.3 Å². The van der Waals surface area contributed by atoms with Crippen LogP contribution in [0.1, 0.15) is 53.7 Å². The van der Waals surface area contributed by atoms with Gasteiger partial charge in [0, 0.05) is 29.7 Å². The van der Waals surface area contributed by atoms with Gasteiger partial charge in [-0.15, -0.1) is 0 Å². The van der Waals surface area contributed by atoms with Gasteiger partial charge in [0.1, 0.15) is 0 Å². The number of hydroxylamine groups is 1. The van der Waals surface area contributed by atoms with Crippen LogP contribution in [0.15, 0.2) is 30.5 Å². The molecule has 1 aromatic carbocycles. The van der Waals surface area contributed by atoms with Crippen LogP contribution in [0.25, 0.3) is 0 Å². The Labute approximate surface area is 155 Å². The molecule has 2 aromatic rings. The van der Waals surface area contributed by atoms with E-state index < -0.39 is 0 Å². The van der Waals surface area contributed by atoms with Gasteiger partial charge in [-0.2, -0.15) is 0 Å². The zero-order valence-corrected chi connectivity index (χ0v) is 16.0. The Morgan fingerprint density at radius 1 is 1.19 bits per heavy atom. The van der Waals surface area contributed by atoms with E-state index in [9.17, 15) is 4.79 Å². The number of amides is 1. The third-order valence-electron chi connectivity index (χ3n) is 5.34. The Bertz CT molecular complexity index is 747. The highest BCUT2D eigenvalue weighted by Crippen LogP contribution is 2.35. The summed E-state index contributed by atoms with van der Waals surface area (Å²) in [6.07, 6.45) is 8.53. The Morgan fingerprint density at radius 2 is 1.96 bits per heavy atom. The number of nitrogens with one attached hydrogen (secondary N) is 2. The summed E-state index contributed by atoms with van der Waals surface area (Å²) in [7, 11) is 1.45. The number of benzene rings is 1. The lowest BCUT2D eigenvalue weighted by molar-refractivity contribution is 0.0537. The van der Waals surface area contributed by atoms with E-state index in [1.807, 2.05) is 24.4 Å². The summed E-state index contributed by atoms with van der Waals surface area (Å²) in [6.45, 7) is 5.18. The zero-order valence-electron chi connectivity index (χ0n) is 16.0. The number of nitrogens with zero attached hydrogens (tertiary/aromatic N) is 1. The first-order chi connectivity index (χ1) is 12.6. The molecule has 5 nitrogen and oxygen atoms in total. The van der Waals surface area contributed by atoms with E-state index in [2.05, 4.69) is 35.3 Å². The van der Waals surface area contributed by atoms with Crippen molar-refractivity contribution in [2.75, 3.05) is 18.6 Å². The lowest BCUT2D eigenvalue weighted by Crippen LogP contribution is -2.28. The third-order valence-corrected chi connectivity index (χ3v) is 5.34. The maximum Gasteiger partial charge on any atom is 0.274 e. The van der Waals surface area contributed by atoms with Crippen LogP contribution in [-0.2, 0) is 4.84 Å². The Hall–Kier alpha value is -2.27. The molecule has 1 saturated carbocycles. The average Bonchev–Trinajstić information content (AvgIpc) is 3.07. The minimum atomic E-state index is -0.225. The van der Waals surface area contributed by atoms with Gasteiger partial charge in [-0.25, -0.2) is 5.48 Å². The molecule has 1 amide bonds. The quantitative estimate of drug-likeness (QED) is 0.742.